The van der Waals surface area contributed by atoms with Crippen LogP contribution in [-0.4, -0.2) is 5.16 Å². The van der Waals surface area contributed by atoms with Gasteiger partial charge >= 0.3 is 5.63 Å². The number of fused-ring (bicyclic) bond motifs is 1. The van der Waals surface area contributed by atoms with Crippen LogP contribution in [0.2, 0.25) is 0 Å². The number of hydrogen-bond donors (Lipinski definition) is 0. The first-order valence-corrected chi connectivity index (χ1v) is 7.83. The molecule has 0 unspecified atom stereocenters. The van der Waals surface area contributed by atoms with Gasteiger partial charge in [-0.1, -0.05) is 35.5 Å². The zero-order valence-electron chi connectivity index (χ0n) is 13.7. The molecule has 0 bridgehead atoms. The third-order valence-corrected chi connectivity index (χ3v) is 4.15. The van der Waals surface area contributed by atoms with Crippen LogP contribution in [-0.2, 0) is 0 Å². The van der Waals surface area contributed by atoms with Gasteiger partial charge in [-0.3, -0.25) is 0 Å². The number of ether oxygens (including phenoxy) is 1. The Kier molecular flexibility index (Phi) is 3.75. The summed E-state index contributed by atoms with van der Waals surface area (Å²) < 4.78 is 15.8. The van der Waals surface area contributed by atoms with E-state index in [0.29, 0.717) is 27.9 Å². The molecule has 0 saturated carbocycles. The number of benzene rings is 2. The Labute approximate surface area is 147 Å². The van der Waals surface area contributed by atoms with E-state index >= 15 is 0 Å². The lowest BCUT2D eigenvalue weighted by molar-refractivity contribution is 0.428. The van der Waals surface area contributed by atoms with Crippen LogP contribution in [0.3, 0.4) is 0 Å². The van der Waals surface area contributed by atoms with Gasteiger partial charge in [-0.25, -0.2) is 4.79 Å². The van der Waals surface area contributed by atoms with E-state index in [1.165, 1.54) is 12.3 Å². The van der Waals surface area contributed by atoms with Crippen molar-refractivity contribution in [3.8, 4) is 34.5 Å². The van der Waals surface area contributed by atoms with Crippen LogP contribution in [0.4, 0.5) is 0 Å². The van der Waals surface area contributed by atoms with Crippen molar-refractivity contribution in [3.63, 3.8) is 0 Å². The lowest BCUT2D eigenvalue weighted by Crippen LogP contribution is -2.01. The fraction of sp³-hybridized carbons (Fsp3) is 0.0500. The third-order valence-electron chi connectivity index (χ3n) is 4.15. The molecule has 0 saturated heterocycles. The minimum atomic E-state index is -0.477. The van der Waals surface area contributed by atoms with E-state index in [0.717, 1.165) is 11.1 Å². The minimum Gasteiger partial charge on any atom is -0.422 e. The summed E-state index contributed by atoms with van der Waals surface area (Å²) >= 11 is 0. The van der Waals surface area contributed by atoms with Crippen molar-refractivity contribution in [2.75, 3.05) is 0 Å². The number of hydrogen-bond acceptors (Lipinski definition) is 6. The monoisotopic (exact) mass is 344 g/mol. The molecular formula is C20H12N2O4. The lowest BCUT2D eigenvalue weighted by atomic mass is 9.96. The Morgan fingerprint density at radius 1 is 1.12 bits per heavy atom. The molecule has 26 heavy (non-hydrogen) atoms. The van der Waals surface area contributed by atoms with Crippen LogP contribution in [0, 0.1) is 18.4 Å². The van der Waals surface area contributed by atoms with Gasteiger partial charge in [-0.2, -0.15) is 0 Å². The van der Waals surface area contributed by atoms with Crippen LogP contribution in [0.15, 0.2) is 68.5 Å². The highest BCUT2D eigenvalue weighted by Gasteiger charge is 2.20. The number of nitrogens with zero attached hydrogens (tertiary/aromatic N) is 2. The number of nitriles is 1. The first-order valence-electron chi connectivity index (χ1n) is 7.83. The topological polar surface area (TPSA) is 89.3 Å². The first-order chi connectivity index (χ1) is 12.7. The van der Waals surface area contributed by atoms with Crippen LogP contribution in [0.5, 0.6) is 5.75 Å². The average molecular weight is 344 g/mol. The fourth-order valence-corrected chi connectivity index (χ4v) is 3.01. The molecule has 0 aliphatic heterocycles. The SMILES string of the molecule is Cc1c(OC#N)c(-c2ccno2)cc2c(-c3ccccc3)cc(=O)oc12. The van der Waals surface area contributed by atoms with Gasteiger partial charge in [0.2, 0.25) is 0 Å². The van der Waals surface area contributed by atoms with Crippen LogP contribution in [0.25, 0.3) is 33.4 Å². The Morgan fingerprint density at radius 2 is 1.92 bits per heavy atom. The smallest absolute Gasteiger partial charge is 0.336 e. The highest BCUT2D eigenvalue weighted by molar-refractivity contribution is 5.99. The number of rotatable bonds is 3. The maximum absolute atomic E-state index is 12.1. The van der Waals surface area contributed by atoms with Crippen molar-refractivity contribution >= 4 is 11.0 Å². The van der Waals surface area contributed by atoms with Gasteiger partial charge in [0.1, 0.15) is 5.58 Å². The van der Waals surface area contributed by atoms with Crippen LogP contribution >= 0.6 is 0 Å². The second-order valence-corrected chi connectivity index (χ2v) is 5.67. The highest BCUT2D eigenvalue weighted by atomic mass is 16.5. The molecule has 0 fully saturated rings. The zero-order valence-corrected chi connectivity index (χ0v) is 13.7. The van der Waals surface area contributed by atoms with Gasteiger partial charge in [-0.15, -0.1) is 5.26 Å². The van der Waals surface area contributed by atoms with Gasteiger partial charge in [0.25, 0.3) is 6.26 Å². The molecule has 4 rings (SSSR count). The van der Waals surface area contributed by atoms with Gasteiger partial charge < -0.3 is 13.7 Å². The molecule has 2 aromatic heterocycles. The summed E-state index contributed by atoms with van der Waals surface area (Å²) in [7, 11) is 0. The second kappa shape index (κ2) is 6.22. The maximum Gasteiger partial charge on any atom is 0.336 e. The van der Waals surface area contributed by atoms with E-state index in [-0.39, 0.29) is 5.75 Å². The summed E-state index contributed by atoms with van der Waals surface area (Å²) in [6.07, 6.45) is 3.18. The van der Waals surface area contributed by atoms with E-state index in [1.54, 1.807) is 25.3 Å². The van der Waals surface area contributed by atoms with Crippen molar-refractivity contribution < 1.29 is 13.7 Å². The molecule has 2 heterocycles. The van der Waals surface area contributed by atoms with Crippen LogP contribution in [0.1, 0.15) is 5.56 Å². The highest BCUT2D eigenvalue weighted by Crippen LogP contribution is 2.40. The van der Waals surface area contributed by atoms with Crippen molar-refractivity contribution in [2.45, 2.75) is 6.92 Å². The van der Waals surface area contributed by atoms with E-state index < -0.39 is 5.63 Å². The standard InChI is InChI=1S/C20H12N2O4/c1-12-19(24-11-21)16(17-7-8-22-26-17)9-15-14(10-18(23)25-20(12)15)13-5-3-2-4-6-13/h2-10H,1H3. The molecule has 0 N–H and O–H groups in total. The predicted octanol–water partition coefficient (Wildman–Crippen LogP) is 4.28. The van der Waals surface area contributed by atoms with Crippen molar-refractivity contribution in [1.82, 2.24) is 5.16 Å². The molecule has 6 nitrogen and oxygen atoms in total. The van der Waals surface area contributed by atoms with Crippen molar-refractivity contribution in [1.29, 1.82) is 5.26 Å². The van der Waals surface area contributed by atoms with Gasteiger partial charge in [0, 0.05) is 23.1 Å². The molecular weight excluding hydrogens is 332 g/mol. The predicted molar refractivity (Wildman–Crippen MR) is 94.4 cm³/mol. The van der Waals surface area contributed by atoms with Gasteiger partial charge in [0.05, 0.1) is 11.8 Å². The molecule has 6 heteroatoms. The van der Waals surface area contributed by atoms with E-state index in [1.807, 2.05) is 30.3 Å². The van der Waals surface area contributed by atoms with Crippen LogP contribution < -0.4 is 10.4 Å². The second-order valence-electron chi connectivity index (χ2n) is 5.67. The Bertz CT molecular complexity index is 1190. The molecule has 0 amide bonds. The molecule has 0 aliphatic carbocycles. The molecule has 0 spiro atoms. The molecule has 0 aliphatic rings. The average Bonchev–Trinajstić information content (AvgIpc) is 3.19. The maximum atomic E-state index is 12.1. The largest absolute Gasteiger partial charge is 0.422 e. The van der Waals surface area contributed by atoms with E-state index in [9.17, 15) is 4.79 Å². The van der Waals surface area contributed by atoms with E-state index in [4.69, 9.17) is 18.9 Å². The quantitative estimate of drug-likeness (QED) is 0.407. The number of aryl methyl sites for hydroxylation is 1. The van der Waals surface area contributed by atoms with Crippen molar-refractivity contribution in [2.24, 2.45) is 0 Å². The zero-order chi connectivity index (χ0) is 18.1. The number of aromatic nitrogens is 1. The van der Waals surface area contributed by atoms with Gasteiger partial charge in [0.15, 0.2) is 11.5 Å². The van der Waals surface area contributed by atoms with Gasteiger partial charge in [-0.05, 0) is 24.1 Å². The summed E-state index contributed by atoms with van der Waals surface area (Å²) in [5.74, 6) is 0.718. The summed E-state index contributed by atoms with van der Waals surface area (Å²) in [5, 5.41) is 13.4. The normalized spacial score (nSPS) is 10.6. The molecule has 0 radical (unpaired) electrons. The summed E-state index contributed by atoms with van der Waals surface area (Å²) in [5.41, 5.74) is 2.58. The fourth-order valence-electron chi connectivity index (χ4n) is 3.01. The molecule has 2 aromatic carbocycles. The minimum absolute atomic E-state index is 0.269. The lowest BCUT2D eigenvalue weighted by Gasteiger charge is -2.12. The molecule has 126 valence electrons. The summed E-state index contributed by atoms with van der Waals surface area (Å²) in [4.78, 5) is 12.1. The Balaban J connectivity index is 2.13. The first kappa shape index (κ1) is 15.7. The Morgan fingerprint density at radius 3 is 2.62 bits per heavy atom. The Hall–Kier alpha value is -3.85. The summed E-state index contributed by atoms with van der Waals surface area (Å²) in [6.45, 7) is 1.73. The summed E-state index contributed by atoms with van der Waals surface area (Å²) in [6, 6.07) is 14.4. The van der Waals surface area contributed by atoms with Crippen molar-refractivity contribution in [3.05, 3.63) is 70.7 Å². The van der Waals surface area contributed by atoms with E-state index in [2.05, 4.69) is 5.16 Å². The third kappa shape index (κ3) is 2.52. The molecule has 0 atom stereocenters. The molecule has 4 aromatic rings.